The van der Waals surface area contributed by atoms with E-state index in [9.17, 15) is 25.0 Å². The quantitative estimate of drug-likeness (QED) is 0.0758. The van der Waals surface area contributed by atoms with Gasteiger partial charge in [-0.1, -0.05) is 81.1 Å². The van der Waals surface area contributed by atoms with E-state index in [1.807, 2.05) is 0 Å². The minimum absolute atomic E-state index is 0.117. The van der Waals surface area contributed by atoms with E-state index in [1.54, 1.807) is 0 Å². The van der Waals surface area contributed by atoms with Gasteiger partial charge in [0, 0.05) is 17.1 Å². The van der Waals surface area contributed by atoms with Gasteiger partial charge in [-0.3, -0.25) is 9.78 Å². The van der Waals surface area contributed by atoms with Crippen LogP contribution in [-0.4, -0.2) is 57.0 Å². The molecule has 0 radical (unpaired) electrons. The van der Waals surface area contributed by atoms with Gasteiger partial charge >= 0.3 is 17.8 Å². The van der Waals surface area contributed by atoms with E-state index in [4.69, 9.17) is 4.89 Å². The topological polar surface area (TPSA) is 138 Å². The predicted molar refractivity (Wildman–Crippen MR) is 238 cm³/mol. The van der Waals surface area contributed by atoms with Crippen LogP contribution in [0.15, 0.2) is 0 Å². The molecule has 0 heterocycles. The van der Waals surface area contributed by atoms with Gasteiger partial charge < -0.3 is 20.7 Å². The van der Waals surface area contributed by atoms with Crippen LogP contribution in [0.1, 0.15) is 197 Å². The molecule has 354 valence electrons. The second-order valence-corrected chi connectivity index (χ2v) is 24.5. The molecule has 8 saturated carbocycles. The van der Waals surface area contributed by atoms with Crippen molar-refractivity contribution in [2.75, 3.05) is 6.54 Å². The summed E-state index contributed by atoms with van der Waals surface area (Å²) in [6, 6.07) is -0.455. The second-order valence-electron chi connectivity index (χ2n) is 24.5. The summed E-state index contributed by atoms with van der Waals surface area (Å²) < 4.78 is 0. The van der Waals surface area contributed by atoms with Crippen molar-refractivity contribution in [3.8, 4) is 0 Å². The van der Waals surface area contributed by atoms with Gasteiger partial charge in [0.2, 0.25) is 0 Å². The van der Waals surface area contributed by atoms with Crippen LogP contribution in [0, 0.1) is 92.7 Å². The zero-order valence-corrected chi connectivity index (χ0v) is 40.2. The van der Waals surface area contributed by atoms with Gasteiger partial charge in [-0.05, 0) is 208 Å². The Hall–Kier alpha value is -1.30. The minimum Gasteiger partial charge on any atom is -0.343 e. The van der Waals surface area contributed by atoms with Crippen molar-refractivity contribution in [1.29, 1.82) is 0 Å². The van der Waals surface area contributed by atoms with E-state index in [-0.39, 0.29) is 18.0 Å². The second kappa shape index (κ2) is 18.1. The number of fused-ring (bicyclic) bond motifs is 10. The van der Waals surface area contributed by atoms with Gasteiger partial charge in [0.25, 0.3) is 0 Å². The van der Waals surface area contributed by atoms with E-state index in [1.165, 1.54) is 96.3 Å². The lowest BCUT2D eigenvalue weighted by Crippen LogP contribution is -2.61. The lowest BCUT2D eigenvalue weighted by Gasteiger charge is -2.61. The molecule has 0 aliphatic heterocycles. The molecule has 8 aliphatic carbocycles. The molecule has 8 rings (SSSR count). The van der Waals surface area contributed by atoms with Crippen LogP contribution in [0.4, 0.5) is 0 Å². The van der Waals surface area contributed by atoms with Gasteiger partial charge in [-0.2, -0.15) is 0 Å². The highest BCUT2D eigenvalue weighted by molar-refractivity contribution is 5.76. The molecule has 0 bridgehead atoms. The highest BCUT2D eigenvalue weighted by Crippen LogP contribution is 2.70. The van der Waals surface area contributed by atoms with E-state index >= 15 is 0 Å². The van der Waals surface area contributed by atoms with Gasteiger partial charge in [0.15, 0.2) is 0 Å². The first kappa shape index (κ1) is 47.2. The number of hydroxylamine groups is 2. The summed E-state index contributed by atoms with van der Waals surface area (Å²) in [6.45, 7) is 19.8. The zero-order chi connectivity index (χ0) is 44.4. The van der Waals surface area contributed by atoms with Crippen LogP contribution in [0.25, 0.3) is 0 Å². The van der Waals surface area contributed by atoms with Crippen molar-refractivity contribution in [2.24, 2.45) is 92.7 Å². The number of hydrogen-bond donors (Lipinski definition) is 4. The minimum atomic E-state index is -3.36. The Morgan fingerprint density at radius 3 is 1.66 bits per heavy atom. The van der Waals surface area contributed by atoms with Crippen LogP contribution in [0.3, 0.4) is 0 Å². The molecule has 62 heavy (non-hydrogen) atoms. The molecule has 18 atom stereocenters. The summed E-state index contributed by atoms with van der Waals surface area (Å²) in [5.41, 5.74) is 1.40. The SMILES string of the molecule is CCC[C@@H](C)[C@H]1CCC2C3CCC4CC(NCC(=O)OOOC(=O)C(O)(O)N(O)C5CC[C@@]6(C)C(CCC7C6CC[C@@]6(C)C7CC[C@@H]6[C@H](C)CCC)C5)CC[C@]4(C)C3CC[C@@]21C. The smallest absolute Gasteiger partial charge is 0.343 e. The summed E-state index contributed by atoms with van der Waals surface area (Å²) >= 11 is 0. The summed E-state index contributed by atoms with van der Waals surface area (Å²) in [5.74, 6) is 3.09. The van der Waals surface area contributed by atoms with Crippen molar-refractivity contribution in [3.05, 3.63) is 0 Å². The summed E-state index contributed by atoms with van der Waals surface area (Å²) in [4.78, 5) is 34.9. The van der Waals surface area contributed by atoms with Crippen LogP contribution in [0.5, 0.6) is 0 Å². The Balaban J connectivity index is 0.767. The molecule has 0 saturated heterocycles. The van der Waals surface area contributed by atoms with Crippen molar-refractivity contribution in [3.63, 3.8) is 0 Å². The van der Waals surface area contributed by atoms with Gasteiger partial charge in [-0.15, -0.1) is 5.06 Å². The third-order valence-corrected chi connectivity index (χ3v) is 22.0. The molecule has 4 N–H and O–H groups in total. The van der Waals surface area contributed by atoms with Crippen molar-refractivity contribution in [2.45, 2.75) is 215 Å². The fraction of sp³-hybridized carbons (Fsp3) is 0.962. The lowest BCUT2D eigenvalue weighted by atomic mass is 9.44. The van der Waals surface area contributed by atoms with E-state index in [2.05, 4.69) is 70.6 Å². The fourth-order valence-corrected chi connectivity index (χ4v) is 18.9. The molecule has 0 spiro atoms. The first-order chi connectivity index (χ1) is 29.4. The Bertz CT molecular complexity index is 1590. The van der Waals surface area contributed by atoms with Crippen LogP contribution < -0.4 is 5.32 Å². The number of nitrogens with one attached hydrogen (secondary N) is 1. The largest absolute Gasteiger partial charge is 0.424 e. The first-order valence-electron chi connectivity index (χ1n) is 26.2. The highest BCUT2D eigenvalue weighted by Gasteiger charge is 2.63. The zero-order valence-electron chi connectivity index (χ0n) is 40.2. The van der Waals surface area contributed by atoms with Crippen LogP contribution >= 0.6 is 0 Å². The van der Waals surface area contributed by atoms with Crippen molar-refractivity contribution < 1.29 is 39.8 Å². The Labute approximate surface area is 374 Å². The number of nitrogens with zero attached hydrogens (tertiary/aromatic N) is 1. The molecule has 0 amide bonds. The third kappa shape index (κ3) is 8.06. The van der Waals surface area contributed by atoms with Crippen LogP contribution in [0.2, 0.25) is 0 Å². The number of carbonyl (C=O) groups is 2. The molecule has 0 aromatic rings. The van der Waals surface area contributed by atoms with Gasteiger partial charge in [0.05, 0.1) is 6.54 Å². The van der Waals surface area contributed by atoms with Crippen LogP contribution in [-0.2, 0) is 24.4 Å². The summed E-state index contributed by atoms with van der Waals surface area (Å²) in [5, 5.41) is 41.0. The molecule has 8 fully saturated rings. The summed E-state index contributed by atoms with van der Waals surface area (Å²) in [6.07, 6.45) is 26.0. The molecule has 10 heteroatoms. The van der Waals surface area contributed by atoms with E-state index in [0.717, 1.165) is 85.4 Å². The maximum absolute atomic E-state index is 12.9. The Morgan fingerprint density at radius 2 is 1.13 bits per heavy atom. The number of hydrogen-bond acceptors (Lipinski definition) is 10. The normalized spacial score (nSPS) is 46.0. The molecular weight excluding hydrogens is 781 g/mol. The molecule has 10 nitrogen and oxygen atoms in total. The molecular formula is C52H88N2O8. The Morgan fingerprint density at radius 1 is 0.645 bits per heavy atom. The average Bonchev–Trinajstić information content (AvgIpc) is 3.79. The highest BCUT2D eigenvalue weighted by atomic mass is 17.5. The predicted octanol–water partition coefficient (Wildman–Crippen LogP) is 10.8. The maximum Gasteiger partial charge on any atom is 0.424 e. The van der Waals surface area contributed by atoms with Crippen molar-refractivity contribution >= 4 is 11.9 Å². The van der Waals surface area contributed by atoms with Crippen molar-refractivity contribution in [1.82, 2.24) is 10.4 Å². The number of rotatable bonds is 14. The van der Waals surface area contributed by atoms with E-state index in [0.29, 0.717) is 51.9 Å². The molecule has 0 aromatic heterocycles. The Kier molecular flexibility index (Phi) is 13.8. The maximum atomic E-state index is 12.9. The van der Waals surface area contributed by atoms with Gasteiger partial charge in [0.1, 0.15) is 0 Å². The standard InChI is InChI=1S/C52H88N2O8/c1-9-11-32(3)40-17-19-42-38-15-13-34-29-36(21-25-48(34,5)44(38)23-27-50(40,42)7)53-31-46(55)60-62-61-47(56)52(57,58)54(59)37-22-26-49(6)35(30-37)14-16-39-43-20-18-41(33(4)12-10-2)51(43,8)28-24-45(39)49/h32-45,53,57-59H,9-31H2,1-8H3/t32-,33-,34?,35?,36?,37?,38?,39?,40-,41-,42?,43?,44?,45?,48+,49+,50-,51-/m1/s1. The van der Waals surface area contributed by atoms with E-state index < -0.39 is 23.9 Å². The van der Waals surface area contributed by atoms with Gasteiger partial charge in [-0.25, -0.2) is 9.59 Å². The monoisotopic (exact) mass is 869 g/mol. The molecule has 8 aliphatic rings. The number of carbonyl (C=O) groups excluding carboxylic acids is 2. The number of aliphatic hydroxyl groups is 2. The summed E-state index contributed by atoms with van der Waals surface area (Å²) in [7, 11) is 0. The third-order valence-electron chi connectivity index (χ3n) is 22.0. The first-order valence-corrected chi connectivity index (χ1v) is 26.2. The fourth-order valence-electron chi connectivity index (χ4n) is 18.9. The molecule has 0 aromatic carbocycles. The lowest BCUT2D eigenvalue weighted by molar-refractivity contribution is -0.476. The average molecular weight is 869 g/mol. The molecule has 10 unspecified atom stereocenters.